The molecule has 0 fully saturated rings. The summed E-state index contributed by atoms with van der Waals surface area (Å²) in [6.07, 6.45) is 3.36. The number of thiazole rings is 1. The highest BCUT2D eigenvalue weighted by molar-refractivity contribution is 9.11. The van der Waals surface area contributed by atoms with Gasteiger partial charge in [0.05, 0.1) is 9.47 Å². The summed E-state index contributed by atoms with van der Waals surface area (Å²) in [7, 11) is 0. The zero-order chi connectivity index (χ0) is 12.6. The van der Waals surface area contributed by atoms with Crippen LogP contribution >= 0.6 is 27.3 Å². The van der Waals surface area contributed by atoms with Crippen molar-refractivity contribution in [2.75, 3.05) is 5.32 Å². The lowest BCUT2D eigenvalue weighted by Crippen LogP contribution is -2.27. The monoisotopic (exact) mass is 316 g/mol. The number of ether oxygens (including phenoxy) is 1. The maximum Gasteiger partial charge on any atom is 0.412 e. The van der Waals surface area contributed by atoms with Gasteiger partial charge in [0.2, 0.25) is 0 Å². The number of nitrogens with zero attached hydrogens (tertiary/aromatic N) is 1. The van der Waals surface area contributed by atoms with Gasteiger partial charge in [-0.3, -0.25) is 5.32 Å². The molecule has 0 spiro atoms. The van der Waals surface area contributed by atoms with Crippen molar-refractivity contribution in [2.24, 2.45) is 0 Å². The number of rotatable bonds is 1. The van der Waals surface area contributed by atoms with Crippen LogP contribution < -0.4 is 5.32 Å². The van der Waals surface area contributed by atoms with E-state index in [1.54, 1.807) is 11.3 Å². The molecule has 17 heavy (non-hydrogen) atoms. The van der Waals surface area contributed by atoms with Crippen molar-refractivity contribution >= 4 is 43.9 Å². The predicted octanol–water partition coefficient (Wildman–Crippen LogP) is 4.11. The first-order valence-corrected chi connectivity index (χ1v) is 6.71. The fourth-order valence-corrected chi connectivity index (χ4v) is 2.85. The normalized spacial score (nSPS) is 11.8. The fourth-order valence-electron chi connectivity index (χ4n) is 1.37. The van der Waals surface area contributed by atoms with Crippen LogP contribution in [0.2, 0.25) is 0 Å². The first-order chi connectivity index (χ1) is 7.83. The minimum absolute atomic E-state index is 0.435. The largest absolute Gasteiger partial charge is 0.444 e. The number of nitrogens with one attached hydrogen (secondary N) is 1. The fraction of sp³-hybridized carbons (Fsp3) is 0.364. The van der Waals surface area contributed by atoms with E-state index < -0.39 is 11.7 Å². The maximum absolute atomic E-state index is 11.5. The predicted molar refractivity (Wildman–Crippen MR) is 72.8 cm³/mol. The Hall–Kier alpha value is -1.01. The van der Waals surface area contributed by atoms with E-state index in [1.165, 1.54) is 0 Å². The zero-order valence-electron chi connectivity index (χ0n) is 9.78. The Bertz CT molecular complexity index is 522. The first kappa shape index (κ1) is 12.4. The molecule has 92 valence electrons. The standard InChI is InChI=1S/C11H13BrN2O2S/c1-11(2,3)16-10(15)13-7-4-9-14(5-7)6-8(12)17-9/h4-6H,1-3H3,(H,13,15). The SMILES string of the molecule is CC(C)(C)OC(=O)Nc1cc2sc(Br)cn2c1. The molecule has 0 aliphatic rings. The van der Waals surface area contributed by atoms with E-state index in [0.29, 0.717) is 0 Å². The number of carbonyl (C=O) groups excluding carboxylic acids is 1. The van der Waals surface area contributed by atoms with Gasteiger partial charge in [0, 0.05) is 12.4 Å². The van der Waals surface area contributed by atoms with Crippen LogP contribution in [-0.4, -0.2) is 16.1 Å². The third kappa shape index (κ3) is 3.23. The van der Waals surface area contributed by atoms with Crippen molar-refractivity contribution in [3.05, 3.63) is 22.2 Å². The van der Waals surface area contributed by atoms with E-state index in [-0.39, 0.29) is 0 Å². The number of fused-ring (bicyclic) bond motifs is 1. The molecular weight excluding hydrogens is 304 g/mol. The lowest BCUT2D eigenvalue weighted by Gasteiger charge is -2.19. The molecule has 0 aliphatic carbocycles. The van der Waals surface area contributed by atoms with Crippen LogP contribution in [0.25, 0.3) is 4.83 Å². The number of aromatic nitrogens is 1. The molecule has 0 aliphatic heterocycles. The van der Waals surface area contributed by atoms with Gasteiger partial charge in [-0.1, -0.05) is 0 Å². The number of anilines is 1. The van der Waals surface area contributed by atoms with E-state index in [4.69, 9.17) is 4.74 Å². The number of hydrogen-bond acceptors (Lipinski definition) is 3. The summed E-state index contributed by atoms with van der Waals surface area (Å²) in [6.45, 7) is 5.51. The van der Waals surface area contributed by atoms with Gasteiger partial charge >= 0.3 is 6.09 Å². The van der Waals surface area contributed by atoms with Crippen LogP contribution in [0.5, 0.6) is 0 Å². The molecule has 4 nitrogen and oxygen atoms in total. The maximum atomic E-state index is 11.5. The topological polar surface area (TPSA) is 42.7 Å². The average molecular weight is 317 g/mol. The lowest BCUT2D eigenvalue weighted by molar-refractivity contribution is 0.0636. The summed E-state index contributed by atoms with van der Waals surface area (Å²) < 4.78 is 8.17. The van der Waals surface area contributed by atoms with Crippen LogP contribution in [0.1, 0.15) is 20.8 Å². The Balaban J connectivity index is 2.08. The highest BCUT2D eigenvalue weighted by Crippen LogP contribution is 2.27. The smallest absolute Gasteiger partial charge is 0.412 e. The minimum atomic E-state index is -0.482. The molecule has 0 bridgehead atoms. The first-order valence-electron chi connectivity index (χ1n) is 5.10. The van der Waals surface area contributed by atoms with Crippen molar-refractivity contribution in [1.29, 1.82) is 0 Å². The molecule has 2 heterocycles. The van der Waals surface area contributed by atoms with E-state index in [1.807, 2.05) is 43.6 Å². The van der Waals surface area contributed by atoms with E-state index in [2.05, 4.69) is 21.2 Å². The molecule has 6 heteroatoms. The van der Waals surface area contributed by atoms with Gasteiger partial charge in [-0.25, -0.2) is 4.79 Å². The zero-order valence-corrected chi connectivity index (χ0v) is 12.2. The van der Waals surface area contributed by atoms with Gasteiger partial charge in [-0.15, -0.1) is 11.3 Å². The molecule has 1 N–H and O–H groups in total. The summed E-state index contributed by atoms with van der Waals surface area (Å²) >= 11 is 5.01. The second-order valence-corrected chi connectivity index (χ2v) is 7.08. The number of halogens is 1. The molecule has 0 atom stereocenters. The third-order valence-electron chi connectivity index (χ3n) is 1.90. The molecule has 1 amide bonds. The molecule has 0 aromatic carbocycles. The molecule has 0 saturated carbocycles. The van der Waals surface area contributed by atoms with E-state index >= 15 is 0 Å². The second-order valence-electron chi connectivity index (χ2n) is 4.64. The highest BCUT2D eigenvalue weighted by atomic mass is 79.9. The molecular formula is C11H13BrN2O2S. The van der Waals surface area contributed by atoms with Gasteiger partial charge < -0.3 is 9.14 Å². The van der Waals surface area contributed by atoms with Gasteiger partial charge in [0.1, 0.15) is 10.4 Å². The van der Waals surface area contributed by atoms with E-state index in [0.717, 1.165) is 14.3 Å². The summed E-state index contributed by atoms with van der Waals surface area (Å²) in [5, 5.41) is 2.70. The molecule has 2 aromatic heterocycles. The highest BCUT2D eigenvalue weighted by Gasteiger charge is 2.16. The number of hydrogen-bond donors (Lipinski definition) is 1. The lowest BCUT2D eigenvalue weighted by atomic mass is 10.2. The van der Waals surface area contributed by atoms with Crippen molar-refractivity contribution < 1.29 is 9.53 Å². The Morgan fingerprint density at radius 3 is 2.76 bits per heavy atom. The van der Waals surface area contributed by atoms with Crippen LogP contribution in [0.15, 0.2) is 22.2 Å². The van der Waals surface area contributed by atoms with Gasteiger partial charge in [0.15, 0.2) is 0 Å². The molecule has 2 aromatic rings. The van der Waals surface area contributed by atoms with Crippen LogP contribution in [-0.2, 0) is 4.74 Å². The van der Waals surface area contributed by atoms with Crippen LogP contribution in [0.4, 0.5) is 10.5 Å². The Morgan fingerprint density at radius 2 is 2.18 bits per heavy atom. The van der Waals surface area contributed by atoms with Gasteiger partial charge in [-0.05, 0) is 42.8 Å². The minimum Gasteiger partial charge on any atom is -0.444 e. The number of amides is 1. The van der Waals surface area contributed by atoms with Crippen LogP contribution in [0.3, 0.4) is 0 Å². The Labute approximate surface area is 112 Å². The third-order valence-corrected chi connectivity index (χ3v) is 3.43. The number of carbonyl (C=O) groups is 1. The summed E-state index contributed by atoms with van der Waals surface area (Å²) in [4.78, 5) is 12.6. The Kier molecular flexibility index (Phi) is 3.18. The average Bonchev–Trinajstić information content (AvgIpc) is 2.56. The molecule has 2 rings (SSSR count). The molecule has 0 radical (unpaired) electrons. The van der Waals surface area contributed by atoms with Crippen molar-refractivity contribution in [3.8, 4) is 0 Å². The second kappa shape index (κ2) is 4.34. The van der Waals surface area contributed by atoms with Crippen molar-refractivity contribution in [3.63, 3.8) is 0 Å². The molecule has 0 saturated heterocycles. The van der Waals surface area contributed by atoms with Crippen molar-refractivity contribution in [1.82, 2.24) is 4.40 Å². The molecule has 0 unspecified atom stereocenters. The summed E-state index contributed by atoms with van der Waals surface area (Å²) in [5.41, 5.74) is 0.252. The quantitative estimate of drug-likeness (QED) is 0.860. The summed E-state index contributed by atoms with van der Waals surface area (Å²) in [6, 6.07) is 1.90. The Morgan fingerprint density at radius 1 is 1.47 bits per heavy atom. The van der Waals surface area contributed by atoms with Crippen molar-refractivity contribution in [2.45, 2.75) is 26.4 Å². The van der Waals surface area contributed by atoms with Crippen LogP contribution in [0, 0.1) is 0 Å². The van der Waals surface area contributed by atoms with Gasteiger partial charge in [0.25, 0.3) is 0 Å². The summed E-state index contributed by atoms with van der Waals surface area (Å²) in [5.74, 6) is 0. The van der Waals surface area contributed by atoms with E-state index in [9.17, 15) is 4.79 Å². The van der Waals surface area contributed by atoms with Gasteiger partial charge in [-0.2, -0.15) is 0 Å².